The number of methoxy groups -OCH3 is 1. The number of anilines is 1. The van der Waals surface area contributed by atoms with Crippen LogP contribution in [0.1, 0.15) is 18.3 Å². The molecular formula is C10H17N3O. The van der Waals surface area contributed by atoms with Crippen LogP contribution in [0.25, 0.3) is 0 Å². The molecular weight excluding hydrogens is 178 g/mol. The smallest absolute Gasteiger partial charge is 0.148 e. The second kappa shape index (κ2) is 4.91. The van der Waals surface area contributed by atoms with Gasteiger partial charge in [-0.05, 0) is 20.8 Å². The molecule has 1 unspecified atom stereocenters. The van der Waals surface area contributed by atoms with Gasteiger partial charge in [-0.15, -0.1) is 0 Å². The summed E-state index contributed by atoms with van der Waals surface area (Å²) in [6, 6.07) is 0.245. The number of rotatable bonds is 4. The van der Waals surface area contributed by atoms with E-state index < -0.39 is 0 Å². The maximum absolute atomic E-state index is 5.04. The van der Waals surface area contributed by atoms with Crippen LogP contribution in [0.5, 0.6) is 0 Å². The van der Waals surface area contributed by atoms with Crippen molar-refractivity contribution in [3.63, 3.8) is 0 Å². The van der Waals surface area contributed by atoms with E-state index in [2.05, 4.69) is 15.3 Å². The Labute approximate surface area is 84.7 Å². The fraction of sp³-hybridized carbons (Fsp3) is 0.600. The summed E-state index contributed by atoms with van der Waals surface area (Å²) in [7, 11) is 1.69. The molecule has 0 amide bonds. The maximum Gasteiger partial charge on any atom is 0.148 e. The third-order valence-corrected chi connectivity index (χ3v) is 1.88. The van der Waals surface area contributed by atoms with Crippen LogP contribution >= 0.6 is 0 Å². The van der Waals surface area contributed by atoms with Crippen molar-refractivity contribution in [2.45, 2.75) is 26.8 Å². The van der Waals surface area contributed by atoms with Crippen molar-refractivity contribution in [2.24, 2.45) is 0 Å². The summed E-state index contributed by atoms with van der Waals surface area (Å²) in [5, 5.41) is 3.25. The molecule has 0 radical (unpaired) electrons. The molecule has 1 rings (SSSR count). The van der Waals surface area contributed by atoms with Crippen molar-refractivity contribution in [3.05, 3.63) is 17.6 Å². The third kappa shape index (κ3) is 2.96. The van der Waals surface area contributed by atoms with E-state index in [0.717, 1.165) is 17.2 Å². The van der Waals surface area contributed by atoms with Crippen LogP contribution in [0.15, 0.2) is 6.20 Å². The van der Waals surface area contributed by atoms with Crippen molar-refractivity contribution in [1.29, 1.82) is 0 Å². The minimum atomic E-state index is 0.245. The zero-order valence-corrected chi connectivity index (χ0v) is 9.16. The summed E-state index contributed by atoms with van der Waals surface area (Å²) in [5.41, 5.74) is 1.83. The van der Waals surface area contributed by atoms with E-state index in [1.165, 1.54) is 0 Å². The Morgan fingerprint density at radius 3 is 2.86 bits per heavy atom. The molecule has 1 heterocycles. The Kier molecular flexibility index (Phi) is 3.83. The first-order valence-corrected chi connectivity index (χ1v) is 4.69. The number of ether oxygens (including phenoxy) is 1. The molecule has 0 fully saturated rings. The number of hydrogen-bond acceptors (Lipinski definition) is 4. The normalized spacial score (nSPS) is 12.6. The fourth-order valence-electron chi connectivity index (χ4n) is 1.20. The monoisotopic (exact) mass is 195 g/mol. The van der Waals surface area contributed by atoms with Crippen molar-refractivity contribution in [1.82, 2.24) is 9.97 Å². The summed E-state index contributed by atoms with van der Waals surface area (Å²) >= 11 is 0. The standard InChI is InChI=1S/C10H17N3O/c1-7-5-11-9(3)10(12-7)13-8(2)6-14-4/h5,8H,6H2,1-4H3,(H,12,13). The molecule has 4 nitrogen and oxygen atoms in total. The van der Waals surface area contributed by atoms with Gasteiger partial charge in [0.05, 0.1) is 18.0 Å². The maximum atomic E-state index is 5.04. The molecule has 1 N–H and O–H groups in total. The van der Waals surface area contributed by atoms with Gasteiger partial charge in [0.25, 0.3) is 0 Å². The van der Waals surface area contributed by atoms with Gasteiger partial charge in [-0.25, -0.2) is 4.98 Å². The van der Waals surface area contributed by atoms with E-state index in [-0.39, 0.29) is 6.04 Å². The average Bonchev–Trinajstić information content (AvgIpc) is 2.12. The van der Waals surface area contributed by atoms with Gasteiger partial charge < -0.3 is 10.1 Å². The highest BCUT2D eigenvalue weighted by atomic mass is 16.5. The van der Waals surface area contributed by atoms with Gasteiger partial charge in [0.1, 0.15) is 5.82 Å². The molecule has 0 aliphatic carbocycles. The molecule has 0 saturated heterocycles. The lowest BCUT2D eigenvalue weighted by molar-refractivity contribution is 0.190. The van der Waals surface area contributed by atoms with Gasteiger partial charge >= 0.3 is 0 Å². The first-order chi connectivity index (χ1) is 6.63. The van der Waals surface area contributed by atoms with Crippen LogP contribution in [0, 0.1) is 13.8 Å². The summed E-state index contributed by atoms with van der Waals surface area (Å²) in [5.74, 6) is 0.842. The lowest BCUT2D eigenvalue weighted by atomic mass is 10.3. The predicted molar refractivity (Wildman–Crippen MR) is 56.5 cm³/mol. The first kappa shape index (κ1) is 10.9. The minimum Gasteiger partial charge on any atom is -0.383 e. The van der Waals surface area contributed by atoms with Gasteiger partial charge in [0.2, 0.25) is 0 Å². The Bertz CT molecular complexity index is 301. The third-order valence-electron chi connectivity index (χ3n) is 1.88. The van der Waals surface area contributed by atoms with E-state index in [1.807, 2.05) is 20.8 Å². The summed E-state index contributed by atoms with van der Waals surface area (Å²) < 4.78 is 5.04. The van der Waals surface area contributed by atoms with Gasteiger partial charge in [-0.1, -0.05) is 0 Å². The average molecular weight is 195 g/mol. The first-order valence-electron chi connectivity index (χ1n) is 4.69. The van der Waals surface area contributed by atoms with Crippen LogP contribution in [-0.4, -0.2) is 29.7 Å². The van der Waals surface area contributed by atoms with Crippen LogP contribution in [-0.2, 0) is 4.74 Å². The summed E-state index contributed by atoms with van der Waals surface area (Å²) in [6.45, 7) is 6.58. The van der Waals surface area contributed by atoms with Crippen molar-refractivity contribution in [2.75, 3.05) is 19.0 Å². The minimum absolute atomic E-state index is 0.245. The van der Waals surface area contributed by atoms with E-state index >= 15 is 0 Å². The molecule has 0 aliphatic rings. The van der Waals surface area contributed by atoms with E-state index in [4.69, 9.17) is 4.74 Å². The van der Waals surface area contributed by atoms with Gasteiger partial charge in [-0.2, -0.15) is 0 Å². The van der Waals surface area contributed by atoms with E-state index in [0.29, 0.717) is 6.61 Å². The number of aryl methyl sites for hydroxylation is 2. The van der Waals surface area contributed by atoms with Crippen molar-refractivity contribution < 1.29 is 4.74 Å². The predicted octanol–water partition coefficient (Wildman–Crippen LogP) is 1.54. The lowest BCUT2D eigenvalue weighted by Gasteiger charge is -2.14. The number of nitrogens with zero attached hydrogens (tertiary/aromatic N) is 2. The molecule has 0 aliphatic heterocycles. The highest BCUT2D eigenvalue weighted by molar-refractivity contribution is 5.40. The molecule has 0 saturated carbocycles. The Morgan fingerprint density at radius 1 is 1.50 bits per heavy atom. The molecule has 4 heteroatoms. The quantitative estimate of drug-likeness (QED) is 0.791. The Balaban J connectivity index is 2.70. The van der Waals surface area contributed by atoms with E-state index in [1.54, 1.807) is 13.3 Å². The van der Waals surface area contributed by atoms with Crippen LogP contribution in [0.2, 0.25) is 0 Å². The number of hydrogen-bond donors (Lipinski definition) is 1. The SMILES string of the molecule is COCC(C)Nc1nc(C)cnc1C. The second-order valence-electron chi connectivity index (χ2n) is 3.45. The van der Waals surface area contributed by atoms with Crippen LogP contribution < -0.4 is 5.32 Å². The lowest BCUT2D eigenvalue weighted by Crippen LogP contribution is -2.22. The van der Waals surface area contributed by atoms with Gasteiger partial charge in [0, 0.05) is 19.3 Å². The number of nitrogens with one attached hydrogen (secondary N) is 1. The van der Waals surface area contributed by atoms with Crippen LogP contribution in [0.4, 0.5) is 5.82 Å². The Morgan fingerprint density at radius 2 is 2.21 bits per heavy atom. The zero-order valence-electron chi connectivity index (χ0n) is 9.16. The van der Waals surface area contributed by atoms with Gasteiger partial charge in [0.15, 0.2) is 0 Å². The van der Waals surface area contributed by atoms with Crippen molar-refractivity contribution in [3.8, 4) is 0 Å². The summed E-state index contributed by atoms with van der Waals surface area (Å²) in [6.07, 6.45) is 1.77. The summed E-state index contributed by atoms with van der Waals surface area (Å²) in [4.78, 5) is 8.59. The molecule has 1 aromatic rings. The Hall–Kier alpha value is -1.16. The number of aromatic nitrogens is 2. The molecule has 0 spiro atoms. The molecule has 0 bridgehead atoms. The van der Waals surface area contributed by atoms with E-state index in [9.17, 15) is 0 Å². The molecule has 1 atom stereocenters. The fourth-order valence-corrected chi connectivity index (χ4v) is 1.20. The van der Waals surface area contributed by atoms with Gasteiger partial charge in [-0.3, -0.25) is 4.98 Å². The molecule has 78 valence electrons. The molecule has 1 aromatic heterocycles. The van der Waals surface area contributed by atoms with Crippen LogP contribution in [0.3, 0.4) is 0 Å². The van der Waals surface area contributed by atoms with Crippen molar-refractivity contribution >= 4 is 5.82 Å². The highest BCUT2D eigenvalue weighted by Gasteiger charge is 2.05. The topological polar surface area (TPSA) is 47.0 Å². The zero-order chi connectivity index (χ0) is 10.6. The molecule has 0 aromatic carbocycles. The molecule has 14 heavy (non-hydrogen) atoms. The second-order valence-corrected chi connectivity index (χ2v) is 3.45. The largest absolute Gasteiger partial charge is 0.383 e. The highest BCUT2D eigenvalue weighted by Crippen LogP contribution is 2.09.